The van der Waals surface area contributed by atoms with Gasteiger partial charge in [-0.25, -0.2) is 4.68 Å². The molecule has 2 aromatic heterocycles. The molecule has 0 radical (unpaired) electrons. The van der Waals surface area contributed by atoms with E-state index in [0.29, 0.717) is 35.2 Å². The fourth-order valence-electron chi connectivity index (χ4n) is 2.07. The Morgan fingerprint density at radius 1 is 1.25 bits per heavy atom. The topological polar surface area (TPSA) is 95.1 Å². The number of benzene rings is 1. The van der Waals surface area contributed by atoms with Gasteiger partial charge in [-0.15, -0.1) is 5.10 Å². The number of carboxylic acids is 1. The number of hydrogen-bond donors (Lipinski definition) is 1. The predicted molar refractivity (Wildman–Crippen MR) is 85.8 cm³/mol. The fraction of sp³-hybridized carbons (Fsp3) is 0.200. The number of hydrogen-bond acceptors (Lipinski definition) is 5. The van der Waals surface area contributed by atoms with Crippen molar-refractivity contribution >= 4 is 17.6 Å². The highest BCUT2D eigenvalue weighted by molar-refractivity contribution is 6.32. The van der Waals surface area contributed by atoms with Crippen LogP contribution in [0, 0.1) is 0 Å². The zero-order valence-corrected chi connectivity index (χ0v) is 13.3. The summed E-state index contributed by atoms with van der Waals surface area (Å²) in [4.78, 5) is 10.7. The maximum Gasteiger partial charge on any atom is 0.325 e. The van der Waals surface area contributed by atoms with Crippen LogP contribution in [0.5, 0.6) is 5.75 Å². The van der Waals surface area contributed by atoms with Crippen molar-refractivity contribution in [3.63, 3.8) is 0 Å². The van der Waals surface area contributed by atoms with Gasteiger partial charge in [-0.05, 0) is 12.1 Å². The third-order valence-corrected chi connectivity index (χ3v) is 3.49. The molecule has 0 aliphatic carbocycles. The number of aromatic nitrogens is 5. The molecule has 2 heterocycles. The summed E-state index contributed by atoms with van der Waals surface area (Å²) in [5.41, 5.74) is 1.32. The number of carboxylic acid groups (broad SMARTS) is 1. The lowest BCUT2D eigenvalue weighted by atomic mass is 10.3. The normalized spacial score (nSPS) is 10.7. The molecule has 9 heteroatoms. The Hall–Kier alpha value is -2.87. The van der Waals surface area contributed by atoms with Gasteiger partial charge in [0, 0.05) is 11.8 Å². The number of aliphatic carboxylic acids is 1. The van der Waals surface area contributed by atoms with Crippen LogP contribution in [0.1, 0.15) is 0 Å². The second-order valence-corrected chi connectivity index (χ2v) is 5.37. The average molecular weight is 348 g/mol. The molecular weight excluding hydrogens is 334 g/mol. The number of carbonyl (C=O) groups is 1. The highest BCUT2D eigenvalue weighted by Gasteiger charge is 2.08. The Labute approximate surface area is 142 Å². The van der Waals surface area contributed by atoms with Crippen molar-refractivity contribution in [3.8, 4) is 17.0 Å². The smallest absolute Gasteiger partial charge is 0.325 e. The molecule has 0 aliphatic rings. The first-order valence-electron chi connectivity index (χ1n) is 7.14. The van der Waals surface area contributed by atoms with Crippen molar-refractivity contribution in [3.05, 3.63) is 47.9 Å². The monoisotopic (exact) mass is 347 g/mol. The minimum atomic E-state index is -0.954. The quantitative estimate of drug-likeness (QED) is 0.702. The second kappa shape index (κ2) is 7.14. The van der Waals surface area contributed by atoms with Gasteiger partial charge in [-0.3, -0.25) is 9.48 Å². The SMILES string of the molecule is O=C(O)Cn1cc(-c2cn(CCOc3ccccc3Cl)nn2)cn1. The van der Waals surface area contributed by atoms with Gasteiger partial charge < -0.3 is 9.84 Å². The zero-order valence-electron chi connectivity index (χ0n) is 12.5. The largest absolute Gasteiger partial charge is 0.490 e. The highest BCUT2D eigenvalue weighted by atomic mass is 35.5. The average Bonchev–Trinajstić information content (AvgIpc) is 3.18. The van der Waals surface area contributed by atoms with Crippen LogP contribution in [0.2, 0.25) is 5.02 Å². The van der Waals surface area contributed by atoms with E-state index in [0.717, 1.165) is 0 Å². The van der Waals surface area contributed by atoms with Gasteiger partial charge in [0.05, 0.1) is 24.0 Å². The molecule has 0 amide bonds. The standard InChI is InChI=1S/C15H14ClN5O3/c16-12-3-1-2-4-14(12)24-6-5-20-9-13(18-19-20)11-7-17-21(8-11)10-15(22)23/h1-4,7-9H,5-6,10H2,(H,22,23). The van der Waals surface area contributed by atoms with Crippen LogP contribution in [0.3, 0.4) is 0 Å². The molecule has 0 fully saturated rings. The minimum absolute atomic E-state index is 0.195. The van der Waals surface area contributed by atoms with E-state index < -0.39 is 5.97 Å². The lowest BCUT2D eigenvalue weighted by Gasteiger charge is -2.07. The Kier molecular flexibility index (Phi) is 4.76. The Morgan fingerprint density at radius 3 is 2.88 bits per heavy atom. The van der Waals surface area contributed by atoms with Gasteiger partial charge in [0.1, 0.15) is 24.6 Å². The first-order valence-corrected chi connectivity index (χ1v) is 7.52. The molecule has 124 valence electrons. The van der Waals surface area contributed by atoms with Gasteiger partial charge in [0.25, 0.3) is 0 Å². The van der Waals surface area contributed by atoms with Gasteiger partial charge in [0.15, 0.2) is 0 Å². The molecule has 0 atom stereocenters. The molecule has 24 heavy (non-hydrogen) atoms. The summed E-state index contributed by atoms with van der Waals surface area (Å²) in [5, 5.41) is 21.3. The van der Waals surface area contributed by atoms with E-state index in [1.807, 2.05) is 12.1 Å². The van der Waals surface area contributed by atoms with E-state index in [1.54, 1.807) is 35.4 Å². The maximum atomic E-state index is 10.7. The van der Waals surface area contributed by atoms with Crippen molar-refractivity contribution in [2.75, 3.05) is 6.61 Å². The molecular formula is C15H14ClN5O3. The first-order chi connectivity index (χ1) is 11.6. The van der Waals surface area contributed by atoms with E-state index in [-0.39, 0.29) is 6.54 Å². The molecule has 1 N–H and O–H groups in total. The van der Waals surface area contributed by atoms with E-state index in [1.165, 1.54) is 4.68 Å². The van der Waals surface area contributed by atoms with Gasteiger partial charge in [-0.1, -0.05) is 28.9 Å². The third kappa shape index (κ3) is 3.90. The van der Waals surface area contributed by atoms with Crippen molar-refractivity contribution in [2.24, 2.45) is 0 Å². The molecule has 1 aromatic carbocycles. The molecule has 8 nitrogen and oxygen atoms in total. The van der Waals surface area contributed by atoms with Crippen LogP contribution in [0.4, 0.5) is 0 Å². The lowest BCUT2D eigenvalue weighted by Crippen LogP contribution is -2.08. The predicted octanol–water partition coefficient (Wildman–Crippen LogP) is 1.96. The van der Waals surface area contributed by atoms with E-state index in [2.05, 4.69) is 15.4 Å². The molecule has 0 bridgehead atoms. The van der Waals surface area contributed by atoms with Crippen LogP contribution in [-0.4, -0.2) is 42.5 Å². The van der Waals surface area contributed by atoms with Crippen molar-refractivity contribution in [1.29, 1.82) is 0 Å². The number of halogens is 1. The fourth-order valence-corrected chi connectivity index (χ4v) is 2.26. The molecule has 0 spiro atoms. The Balaban J connectivity index is 1.58. The van der Waals surface area contributed by atoms with Crippen molar-refractivity contribution in [2.45, 2.75) is 13.1 Å². The molecule has 0 unspecified atom stereocenters. The van der Waals surface area contributed by atoms with Crippen molar-refractivity contribution in [1.82, 2.24) is 24.8 Å². The summed E-state index contributed by atoms with van der Waals surface area (Å²) in [7, 11) is 0. The second-order valence-electron chi connectivity index (χ2n) is 4.97. The van der Waals surface area contributed by atoms with Crippen LogP contribution in [0.25, 0.3) is 11.3 Å². The number of nitrogens with zero attached hydrogens (tertiary/aromatic N) is 5. The highest BCUT2D eigenvalue weighted by Crippen LogP contribution is 2.23. The number of para-hydroxylation sites is 1. The van der Waals surface area contributed by atoms with Crippen LogP contribution >= 0.6 is 11.6 Å². The van der Waals surface area contributed by atoms with Crippen LogP contribution < -0.4 is 4.74 Å². The summed E-state index contributed by atoms with van der Waals surface area (Å²) in [6, 6.07) is 7.25. The van der Waals surface area contributed by atoms with Gasteiger partial charge in [0.2, 0.25) is 0 Å². The first kappa shape index (κ1) is 16.0. The van der Waals surface area contributed by atoms with Crippen LogP contribution in [0.15, 0.2) is 42.9 Å². The molecule has 0 aliphatic heterocycles. The van der Waals surface area contributed by atoms with Crippen molar-refractivity contribution < 1.29 is 14.6 Å². The van der Waals surface area contributed by atoms with E-state index >= 15 is 0 Å². The lowest BCUT2D eigenvalue weighted by molar-refractivity contribution is -0.137. The summed E-state index contributed by atoms with van der Waals surface area (Å²) in [6.45, 7) is 0.701. The van der Waals surface area contributed by atoms with Gasteiger partial charge >= 0.3 is 5.97 Å². The third-order valence-electron chi connectivity index (χ3n) is 3.18. The molecule has 3 rings (SSSR count). The van der Waals surface area contributed by atoms with Crippen LogP contribution in [-0.2, 0) is 17.9 Å². The number of ether oxygens (including phenoxy) is 1. The summed E-state index contributed by atoms with van der Waals surface area (Å²) in [6.07, 6.45) is 4.92. The van der Waals surface area contributed by atoms with E-state index in [4.69, 9.17) is 21.4 Å². The molecule has 3 aromatic rings. The molecule has 0 saturated heterocycles. The summed E-state index contributed by atoms with van der Waals surface area (Å²) in [5.74, 6) is -0.334. The maximum absolute atomic E-state index is 10.7. The summed E-state index contributed by atoms with van der Waals surface area (Å²) < 4.78 is 8.57. The van der Waals surface area contributed by atoms with E-state index in [9.17, 15) is 4.79 Å². The Morgan fingerprint density at radius 2 is 2.08 bits per heavy atom. The minimum Gasteiger partial charge on any atom is -0.490 e. The number of rotatable bonds is 7. The summed E-state index contributed by atoms with van der Waals surface area (Å²) >= 11 is 6.02. The van der Waals surface area contributed by atoms with Gasteiger partial charge in [-0.2, -0.15) is 5.10 Å². The zero-order chi connectivity index (χ0) is 16.9. The molecule has 0 saturated carbocycles. The Bertz CT molecular complexity index is 845.